The standard InChI is InChI=1S/C22H28N2O5/c1-22(21(25)26-3)28-15-18(16-29-22)14-17-7-9-19(10-8-17)27-13-12-24(2)20-6-4-5-11-23-20/h4-11,18H,12-16H2,1-3H3. The molecule has 1 aliphatic rings. The Hall–Kier alpha value is -2.64. The second-order valence-corrected chi connectivity index (χ2v) is 7.23. The van der Waals surface area contributed by atoms with Gasteiger partial charge >= 0.3 is 5.97 Å². The number of esters is 1. The Morgan fingerprint density at radius 2 is 1.93 bits per heavy atom. The van der Waals surface area contributed by atoms with Crippen LogP contribution >= 0.6 is 0 Å². The summed E-state index contributed by atoms with van der Waals surface area (Å²) in [5, 5.41) is 0. The summed E-state index contributed by atoms with van der Waals surface area (Å²) < 4.78 is 21.8. The molecule has 0 aliphatic carbocycles. The number of methoxy groups -OCH3 is 1. The molecule has 1 aromatic carbocycles. The largest absolute Gasteiger partial charge is 0.492 e. The summed E-state index contributed by atoms with van der Waals surface area (Å²) in [6.07, 6.45) is 2.59. The topological polar surface area (TPSA) is 70.1 Å². The van der Waals surface area contributed by atoms with Crippen molar-refractivity contribution < 1.29 is 23.7 Å². The van der Waals surface area contributed by atoms with Gasteiger partial charge in [-0.15, -0.1) is 0 Å². The van der Waals surface area contributed by atoms with Crippen molar-refractivity contribution >= 4 is 11.8 Å². The van der Waals surface area contributed by atoms with Gasteiger partial charge in [0.1, 0.15) is 18.2 Å². The van der Waals surface area contributed by atoms with Crippen LogP contribution in [0.25, 0.3) is 0 Å². The number of ether oxygens (including phenoxy) is 4. The van der Waals surface area contributed by atoms with Crippen LogP contribution in [0.4, 0.5) is 5.82 Å². The molecular formula is C22H28N2O5. The third kappa shape index (κ3) is 5.68. The third-order valence-electron chi connectivity index (χ3n) is 4.93. The lowest BCUT2D eigenvalue weighted by Gasteiger charge is -2.35. The number of nitrogens with zero attached hydrogens (tertiary/aromatic N) is 2. The molecule has 0 saturated carbocycles. The number of pyridine rings is 1. The zero-order chi connectivity index (χ0) is 20.7. The van der Waals surface area contributed by atoms with Gasteiger partial charge in [0.2, 0.25) is 0 Å². The van der Waals surface area contributed by atoms with E-state index in [2.05, 4.69) is 9.88 Å². The highest BCUT2D eigenvalue weighted by Gasteiger charge is 2.41. The zero-order valence-corrected chi connectivity index (χ0v) is 17.2. The normalized spacial score (nSPS) is 21.4. The van der Waals surface area contributed by atoms with Crippen molar-refractivity contribution in [2.24, 2.45) is 5.92 Å². The van der Waals surface area contributed by atoms with Crippen molar-refractivity contribution in [2.45, 2.75) is 19.1 Å². The van der Waals surface area contributed by atoms with Crippen LogP contribution in [0.5, 0.6) is 5.75 Å². The van der Waals surface area contributed by atoms with Crippen LogP contribution in [0, 0.1) is 5.92 Å². The zero-order valence-electron chi connectivity index (χ0n) is 17.2. The number of hydrogen-bond donors (Lipinski definition) is 0. The molecule has 0 atom stereocenters. The van der Waals surface area contributed by atoms with E-state index in [0.29, 0.717) is 19.8 Å². The molecule has 0 unspecified atom stereocenters. The van der Waals surface area contributed by atoms with Crippen LogP contribution in [0.3, 0.4) is 0 Å². The first-order valence-corrected chi connectivity index (χ1v) is 9.70. The molecule has 1 saturated heterocycles. The van der Waals surface area contributed by atoms with Crippen molar-refractivity contribution in [3.63, 3.8) is 0 Å². The molecule has 0 radical (unpaired) electrons. The molecule has 2 aromatic rings. The average Bonchev–Trinajstić information content (AvgIpc) is 2.76. The van der Waals surface area contributed by atoms with Gasteiger partial charge in [0, 0.05) is 26.1 Å². The number of carbonyl (C=O) groups is 1. The van der Waals surface area contributed by atoms with Gasteiger partial charge < -0.3 is 23.8 Å². The van der Waals surface area contributed by atoms with Gasteiger partial charge in [-0.05, 0) is 36.2 Å². The van der Waals surface area contributed by atoms with Gasteiger partial charge in [-0.25, -0.2) is 9.78 Å². The second kappa shape index (κ2) is 9.71. The fraction of sp³-hybridized carbons (Fsp3) is 0.455. The number of aromatic nitrogens is 1. The van der Waals surface area contributed by atoms with Gasteiger partial charge in [-0.3, -0.25) is 0 Å². The fourth-order valence-corrected chi connectivity index (χ4v) is 3.11. The lowest BCUT2D eigenvalue weighted by Crippen LogP contribution is -2.48. The van der Waals surface area contributed by atoms with E-state index in [-0.39, 0.29) is 5.92 Å². The molecule has 7 nitrogen and oxygen atoms in total. The van der Waals surface area contributed by atoms with Gasteiger partial charge in [-0.1, -0.05) is 18.2 Å². The van der Waals surface area contributed by atoms with Crippen molar-refractivity contribution in [3.05, 3.63) is 54.2 Å². The molecule has 0 bridgehead atoms. The van der Waals surface area contributed by atoms with Crippen LogP contribution in [-0.2, 0) is 25.4 Å². The Labute approximate surface area is 171 Å². The first-order valence-electron chi connectivity index (χ1n) is 9.70. The third-order valence-corrected chi connectivity index (χ3v) is 4.93. The van der Waals surface area contributed by atoms with E-state index >= 15 is 0 Å². The van der Waals surface area contributed by atoms with E-state index in [1.54, 1.807) is 13.1 Å². The van der Waals surface area contributed by atoms with Gasteiger partial charge in [0.25, 0.3) is 5.79 Å². The molecule has 7 heteroatoms. The van der Waals surface area contributed by atoms with E-state index in [1.165, 1.54) is 12.7 Å². The number of rotatable bonds is 8. The Morgan fingerprint density at radius 1 is 1.21 bits per heavy atom. The summed E-state index contributed by atoms with van der Waals surface area (Å²) in [7, 11) is 3.32. The highest BCUT2D eigenvalue weighted by atomic mass is 16.7. The molecule has 2 heterocycles. The summed E-state index contributed by atoms with van der Waals surface area (Å²) >= 11 is 0. The summed E-state index contributed by atoms with van der Waals surface area (Å²) in [5.74, 6) is 0.132. The quantitative estimate of drug-likeness (QED) is 0.631. The Morgan fingerprint density at radius 3 is 2.55 bits per heavy atom. The fourth-order valence-electron chi connectivity index (χ4n) is 3.11. The van der Waals surface area contributed by atoms with E-state index in [9.17, 15) is 4.79 Å². The van der Waals surface area contributed by atoms with Crippen LogP contribution in [0.1, 0.15) is 12.5 Å². The van der Waals surface area contributed by atoms with Gasteiger partial charge in [-0.2, -0.15) is 0 Å². The summed E-state index contributed by atoms with van der Waals surface area (Å²) in [5.41, 5.74) is 1.17. The minimum Gasteiger partial charge on any atom is -0.492 e. The number of likely N-dealkylation sites (N-methyl/N-ethyl adjacent to an activating group) is 1. The molecule has 3 rings (SSSR count). The number of anilines is 1. The molecule has 1 aromatic heterocycles. The summed E-state index contributed by atoms with van der Waals surface area (Å²) in [4.78, 5) is 18.1. The Kier molecular flexibility index (Phi) is 7.06. The van der Waals surface area contributed by atoms with E-state index in [1.807, 2.05) is 49.5 Å². The number of carbonyl (C=O) groups excluding carboxylic acids is 1. The van der Waals surface area contributed by atoms with Crippen molar-refractivity contribution in [3.8, 4) is 5.75 Å². The minimum absolute atomic E-state index is 0.187. The first kappa shape index (κ1) is 21.1. The van der Waals surface area contributed by atoms with E-state index in [0.717, 1.165) is 24.5 Å². The second-order valence-electron chi connectivity index (χ2n) is 7.23. The highest BCUT2D eigenvalue weighted by molar-refractivity contribution is 5.77. The van der Waals surface area contributed by atoms with Crippen LogP contribution in [-0.4, -0.2) is 57.3 Å². The molecule has 0 spiro atoms. The number of hydrogen-bond acceptors (Lipinski definition) is 7. The van der Waals surface area contributed by atoms with Crippen molar-refractivity contribution in [1.82, 2.24) is 4.98 Å². The summed E-state index contributed by atoms with van der Waals surface area (Å²) in [6, 6.07) is 13.9. The molecule has 29 heavy (non-hydrogen) atoms. The average molecular weight is 400 g/mol. The Bertz CT molecular complexity index is 774. The van der Waals surface area contributed by atoms with Crippen LogP contribution in [0.2, 0.25) is 0 Å². The van der Waals surface area contributed by atoms with Crippen molar-refractivity contribution in [1.29, 1.82) is 0 Å². The molecule has 1 fully saturated rings. The van der Waals surface area contributed by atoms with Crippen LogP contribution in [0.15, 0.2) is 48.7 Å². The lowest BCUT2D eigenvalue weighted by molar-refractivity contribution is -0.272. The number of benzene rings is 1. The lowest BCUT2D eigenvalue weighted by atomic mass is 9.99. The van der Waals surface area contributed by atoms with Crippen molar-refractivity contribution in [2.75, 3.05) is 45.4 Å². The maximum absolute atomic E-state index is 11.7. The van der Waals surface area contributed by atoms with Crippen LogP contribution < -0.4 is 9.64 Å². The SMILES string of the molecule is COC(=O)C1(C)OCC(Cc2ccc(OCCN(C)c3ccccn3)cc2)CO1. The Balaban J connectivity index is 1.42. The summed E-state index contributed by atoms with van der Waals surface area (Å²) in [6.45, 7) is 3.80. The van der Waals surface area contributed by atoms with Gasteiger partial charge in [0.15, 0.2) is 0 Å². The maximum Gasteiger partial charge on any atom is 0.366 e. The molecular weight excluding hydrogens is 372 g/mol. The maximum atomic E-state index is 11.7. The predicted molar refractivity (Wildman–Crippen MR) is 109 cm³/mol. The first-order chi connectivity index (χ1) is 14.0. The van der Waals surface area contributed by atoms with E-state index in [4.69, 9.17) is 18.9 Å². The van der Waals surface area contributed by atoms with Gasteiger partial charge in [0.05, 0.1) is 26.9 Å². The predicted octanol–water partition coefficient (Wildman–Crippen LogP) is 2.69. The minimum atomic E-state index is -1.30. The smallest absolute Gasteiger partial charge is 0.366 e. The highest BCUT2D eigenvalue weighted by Crippen LogP contribution is 2.25. The monoisotopic (exact) mass is 400 g/mol. The molecule has 1 aliphatic heterocycles. The molecule has 0 amide bonds. The molecule has 0 N–H and O–H groups in total. The molecule has 156 valence electrons. The van der Waals surface area contributed by atoms with E-state index < -0.39 is 11.8 Å².